The zero-order chi connectivity index (χ0) is 17.5. The van der Waals surface area contributed by atoms with E-state index in [0.29, 0.717) is 0 Å². The number of nitrogens with zero attached hydrogens (tertiary/aromatic N) is 1. The maximum Gasteiger partial charge on any atom is 0.417 e. The van der Waals surface area contributed by atoms with Gasteiger partial charge in [0.1, 0.15) is 11.3 Å². The van der Waals surface area contributed by atoms with Gasteiger partial charge in [0.15, 0.2) is 0 Å². The van der Waals surface area contributed by atoms with Crippen LogP contribution < -0.4 is 5.32 Å². The minimum Gasteiger partial charge on any atom is -0.348 e. The SMILES string of the molecule is C[Si]1(C)CCC(NC(=O)c2cc3c(C(F)(F)F)ccnc3[nH]2)CC1. The van der Waals surface area contributed by atoms with Crippen LogP contribution in [0.5, 0.6) is 0 Å². The van der Waals surface area contributed by atoms with E-state index < -0.39 is 19.8 Å². The molecule has 3 rings (SSSR count). The maximum absolute atomic E-state index is 13.0. The lowest BCUT2D eigenvalue weighted by Crippen LogP contribution is -2.42. The predicted molar refractivity (Wildman–Crippen MR) is 88.7 cm³/mol. The molecule has 0 bridgehead atoms. The van der Waals surface area contributed by atoms with Crippen molar-refractivity contribution in [2.24, 2.45) is 0 Å². The van der Waals surface area contributed by atoms with Crippen LogP contribution in [-0.2, 0) is 6.18 Å². The standard InChI is InChI=1S/C16H20F3N3OSi/c1-24(2)7-4-10(5-8-24)21-15(23)13-9-11-12(16(17,18)19)3-6-20-14(11)22-13/h3,6,9-10H,4-5,7-8H2,1-2H3,(H,20,22)(H,21,23). The Labute approximate surface area is 138 Å². The fourth-order valence-corrected chi connectivity index (χ4v) is 5.71. The van der Waals surface area contributed by atoms with Crippen molar-refractivity contribution in [3.8, 4) is 0 Å². The molecule has 3 heterocycles. The van der Waals surface area contributed by atoms with Crippen molar-refractivity contribution >= 4 is 25.0 Å². The van der Waals surface area contributed by atoms with Gasteiger partial charge in [-0.1, -0.05) is 25.2 Å². The number of rotatable bonds is 2. The van der Waals surface area contributed by atoms with Crippen LogP contribution in [-0.4, -0.2) is 30.0 Å². The number of fused-ring (bicyclic) bond motifs is 1. The molecule has 0 radical (unpaired) electrons. The highest BCUT2D eigenvalue weighted by Gasteiger charge is 2.34. The molecule has 4 nitrogen and oxygen atoms in total. The van der Waals surface area contributed by atoms with E-state index in [4.69, 9.17) is 0 Å². The Morgan fingerprint density at radius 3 is 2.62 bits per heavy atom. The predicted octanol–water partition coefficient (Wildman–Crippen LogP) is 4.18. The van der Waals surface area contributed by atoms with Crippen LogP contribution in [0.1, 0.15) is 28.9 Å². The fraction of sp³-hybridized carbons (Fsp3) is 0.500. The van der Waals surface area contributed by atoms with E-state index >= 15 is 0 Å². The molecule has 0 aliphatic carbocycles. The van der Waals surface area contributed by atoms with Crippen LogP contribution in [0.2, 0.25) is 25.2 Å². The van der Waals surface area contributed by atoms with Crippen LogP contribution in [0.4, 0.5) is 13.2 Å². The van der Waals surface area contributed by atoms with Gasteiger partial charge in [-0.25, -0.2) is 4.98 Å². The summed E-state index contributed by atoms with van der Waals surface area (Å²) in [5.74, 6) is -0.368. The van der Waals surface area contributed by atoms with Crippen molar-refractivity contribution in [2.45, 2.75) is 50.2 Å². The number of nitrogens with one attached hydrogen (secondary N) is 2. The highest BCUT2D eigenvalue weighted by molar-refractivity contribution is 6.77. The van der Waals surface area contributed by atoms with Crippen molar-refractivity contribution in [2.75, 3.05) is 0 Å². The monoisotopic (exact) mass is 355 g/mol. The Morgan fingerprint density at radius 1 is 1.33 bits per heavy atom. The van der Waals surface area contributed by atoms with Gasteiger partial charge in [0.2, 0.25) is 0 Å². The molecule has 24 heavy (non-hydrogen) atoms. The van der Waals surface area contributed by atoms with Crippen LogP contribution in [0.3, 0.4) is 0 Å². The molecule has 2 aromatic heterocycles. The average Bonchev–Trinajstić information content (AvgIpc) is 2.92. The van der Waals surface area contributed by atoms with Gasteiger partial charge in [-0.05, 0) is 25.0 Å². The molecule has 130 valence electrons. The summed E-state index contributed by atoms with van der Waals surface area (Å²) < 4.78 is 39.1. The largest absolute Gasteiger partial charge is 0.417 e. The average molecular weight is 355 g/mol. The topological polar surface area (TPSA) is 57.8 Å². The molecule has 8 heteroatoms. The molecule has 1 amide bonds. The fourth-order valence-electron chi connectivity index (χ4n) is 3.20. The summed E-state index contributed by atoms with van der Waals surface area (Å²) in [5.41, 5.74) is -0.586. The first-order valence-electron chi connectivity index (χ1n) is 8.01. The molecule has 1 saturated heterocycles. The van der Waals surface area contributed by atoms with Gasteiger partial charge >= 0.3 is 6.18 Å². The van der Waals surface area contributed by atoms with Crippen LogP contribution >= 0.6 is 0 Å². The van der Waals surface area contributed by atoms with E-state index in [9.17, 15) is 18.0 Å². The number of aromatic nitrogens is 2. The van der Waals surface area contributed by atoms with Crippen LogP contribution in [0, 0.1) is 0 Å². The maximum atomic E-state index is 13.0. The van der Waals surface area contributed by atoms with Gasteiger partial charge in [0.05, 0.1) is 5.56 Å². The summed E-state index contributed by atoms with van der Waals surface area (Å²) in [6.45, 7) is 4.68. The third kappa shape index (κ3) is 3.48. The molecular weight excluding hydrogens is 335 g/mol. The highest BCUT2D eigenvalue weighted by atomic mass is 28.3. The van der Waals surface area contributed by atoms with Gasteiger partial charge in [-0.3, -0.25) is 4.79 Å². The van der Waals surface area contributed by atoms with E-state index in [0.717, 1.165) is 37.2 Å². The number of carbonyl (C=O) groups is 1. The number of pyridine rings is 1. The number of hydrogen-bond donors (Lipinski definition) is 2. The van der Waals surface area contributed by atoms with E-state index in [-0.39, 0.29) is 28.7 Å². The number of halogens is 3. The molecule has 0 aromatic carbocycles. The van der Waals surface area contributed by atoms with Crippen LogP contribution in [0.25, 0.3) is 11.0 Å². The second-order valence-electron chi connectivity index (χ2n) is 7.21. The van der Waals surface area contributed by atoms with Gasteiger partial charge in [0.25, 0.3) is 5.91 Å². The number of carbonyl (C=O) groups excluding carboxylic acids is 1. The first-order chi connectivity index (χ1) is 11.2. The zero-order valence-corrected chi connectivity index (χ0v) is 14.6. The summed E-state index contributed by atoms with van der Waals surface area (Å²) in [5, 5.41) is 2.86. The molecule has 1 aliphatic heterocycles. The molecule has 1 fully saturated rings. The molecule has 0 spiro atoms. The van der Waals surface area contributed by atoms with E-state index in [1.807, 2.05) is 0 Å². The second kappa shape index (κ2) is 5.91. The lowest BCUT2D eigenvalue weighted by atomic mass is 10.1. The minimum absolute atomic E-state index is 0.0761. The Hall–Kier alpha value is -1.83. The number of aromatic amines is 1. The highest BCUT2D eigenvalue weighted by Crippen LogP contribution is 2.34. The van der Waals surface area contributed by atoms with E-state index in [2.05, 4.69) is 28.4 Å². The van der Waals surface area contributed by atoms with Crippen molar-refractivity contribution in [1.29, 1.82) is 0 Å². The molecule has 0 saturated carbocycles. The summed E-state index contributed by atoms with van der Waals surface area (Å²) >= 11 is 0. The van der Waals surface area contributed by atoms with Crippen molar-refractivity contribution in [3.05, 3.63) is 29.6 Å². The third-order valence-electron chi connectivity index (χ3n) is 4.76. The molecule has 2 aromatic rings. The lowest BCUT2D eigenvalue weighted by molar-refractivity contribution is -0.136. The van der Waals surface area contributed by atoms with Crippen molar-refractivity contribution < 1.29 is 18.0 Å². The first kappa shape index (κ1) is 17.0. The number of amides is 1. The van der Waals surface area contributed by atoms with Gasteiger partial charge in [-0.2, -0.15) is 13.2 Å². The minimum atomic E-state index is -4.48. The first-order valence-corrected chi connectivity index (χ1v) is 11.4. The lowest BCUT2D eigenvalue weighted by Gasteiger charge is -2.33. The quantitative estimate of drug-likeness (QED) is 0.794. The summed E-state index contributed by atoms with van der Waals surface area (Å²) in [4.78, 5) is 19.0. The van der Waals surface area contributed by atoms with Gasteiger partial charge in [-0.15, -0.1) is 0 Å². The number of hydrogen-bond acceptors (Lipinski definition) is 2. The zero-order valence-electron chi connectivity index (χ0n) is 13.6. The summed E-state index contributed by atoms with van der Waals surface area (Å²) in [7, 11) is -1.11. The van der Waals surface area contributed by atoms with Crippen molar-refractivity contribution in [3.63, 3.8) is 0 Å². The Balaban J connectivity index is 1.79. The summed E-state index contributed by atoms with van der Waals surface area (Å²) in [6, 6.07) is 4.57. The summed E-state index contributed by atoms with van der Waals surface area (Å²) in [6.07, 6.45) is -1.50. The third-order valence-corrected chi connectivity index (χ3v) is 8.04. The number of alkyl halides is 3. The van der Waals surface area contributed by atoms with Gasteiger partial charge < -0.3 is 10.3 Å². The molecule has 2 N–H and O–H groups in total. The molecule has 1 aliphatic rings. The smallest absolute Gasteiger partial charge is 0.348 e. The van der Waals surface area contributed by atoms with E-state index in [1.54, 1.807) is 0 Å². The number of H-pyrrole nitrogens is 1. The molecule has 0 atom stereocenters. The van der Waals surface area contributed by atoms with E-state index in [1.165, 1.54) is 6.07 Å². The van der Waals surface area contributed by atoms with Gasteiger partial charge in [0, 0.05) is 25.7 Å². The molecular formula is C16H20F3N3OSi. The normalized spacial score (nSPS) is 18.7. The van der Waals surface area contributed by atoms with Crippen molar-refractivity contribution in [1.82, 2.24) is 15.3 Å². The Kier molecular flexibility index (Phi) is 4.19. The van der Waals surface area contributed by atoms with Crippen LogP contribution in [0.15, 0.2) is 18.3 Å². The Bertz CT molecular complexity index is 760. The molecule has 0 unspecified atom stereocenters. The second-order valence-corrected chi connectivity index (χ2v) is 12.5. The Morgan fingerprint density at radius 2 is 2.00 bits per heavy atom.